The zero-order valence-electron chi connectivity index (χ0n) is 7.43. The molecular formula is C9H10ClNO2. The quantitative estimate of drug-likeness (QED) is 0.556. The summed E-state index contributed by atoms with van der Waals surface area (Å²) in [5, 5.41) is 0.509. The third kappa shape index (κ3) is 1.92. The fourth-order valence-electron chi connectivity index (χ4n) is 0.991. The van der Waals surface area contributed by atoms with Gasteiger partial charge in [0.05, 0.1) is 12.7 Å². The van der Waals surface area contributed by atoms with Crippen molar-refractivity contribution in [2.24, 2.45) is 0 Å². The molecule has 0 spiro atoms. The highest BCUT2D eigenvalue weighted by Gasteiger charge is 2.11. The van der Waals surface area contributed by atoms with Crippen LogP contribution < -0.4 is 5.73 Å². The first kappa shape index (κ1) is 9.86. The number of anilines is 1. The van der Waals surface area contributed by atoms with E-state index in [-0.39, 0.29) is 0 Å². The van der Waals surface area contributed by atoms with Crippen molar-refractivity contribution in [1.82, 2.24) is 0 Å². The van der Waals surface area contributed by atoms with Crippen molar-refractivity contribution in [1.29, 1.82) is 0 Å². The molecule has 3 nitrogen and oxygen atoms in total. The molecule has 70 valence electrons. The second-order valence-electron chi connectivity index (χ2n) is 2.68. The molecule has 0 unspecified atom stereocenters. The van der Waals surface area contributed by atoms with Crippen LogP contribution in [0.3, 0.4) is 0 Å². The Bertz CT molecular complexity index is 350. The van der Waals surface area contributed by atoms with E-state index in [1.165, 1.54) is 13.2 Å². The van der Waals surface area contributed by atoms with E-state index in [2.05, 4.69) is 4.74 Å². The van der Waals surface area contributed by atoms with Gasteiger partial charge in [-0.05, 0) is 24.6 Å². The minimum atomic E-state index is -0.473. The first-order valence-electron chi connectivity index (χ1n) is 3.70. The van der Waals surface area contributed by atoms with Gasteiger partial charge in [-0.1, -0.05) is 11.6 Å². The lowest BCUT2D eigenvalue weighted by molar-refractivity contribution is 0.0602. The van der Waals surface area contributed by atoms with Gasteiger partial charge in [-0.25, -0.2) is 4.79 Å². The van der Waals surface area contributed by atoms with Gasteiger partial charge in [-0.3, -0.25) is 0 Å². The van der Waals surface area contributed by atoms with Crippen LogP contribution in [0.15, 0.2) is 12.1 Å². The van der Waals surface area contributed by atoms with E-state index in [9.17, 15) is 4.79 Å². The lowest BCUT2D eigenvalue weighted by Crippen LogP contribution is -2.05. The van der Waals surface area contributed by atoms with Crippen molar-refractivity contribution in [3.8, 4) is 0 Å². The predicted molar refractivity (Wildman–Crippen MR) is 51.9 cm³/mol. The normalized spacial score (nSPS) is 9.77. The summed E-state index contributed by atoms with van der Waals surface area (Å²) < 4.78 is 4.53. The van der Waals surface area contributed by atoms with Gasteiger partial charge in [0.1, 0.15) is 0 Å². The number of carbonyl (C=O) groups excluding carboxylic acids is 1. The average Bonchev–Trinajstić information content (AvgIpc) is 2.10. The average molecular weight is 200 g/mol. The molecule has 1 aromatic rings. The number of ether oxygens (including phenoxy) is 1. The molecule has 0 fully saturated rings. The number of halogens is 1. The zero-order valence-corrected chi connectivity index (χ0v) is 8.18. The SMILES string of the molecule is COC(=O)c1cc(Cl)c(C)cc1N. The fourth-order valence-corrected chi connectivity index (χ4v) is 1.15. The Morgan fingerprint density at radius 2 is 2.15 bits per heavy atom. The van der Waals surface area contributed by atoms with Crippen LogP contribution in [0.4, 0.5) is 5.69 Å². The second kappa shape index (κ2) is 3.66. The number of hydrogen-bond donors (Lipinski definition) is 1. The molecule has 1 rings (SSSR count). The fraction of sp³-hybridized carbons (Fsp3) is 0.222. The van der Waals surface area contributed by atoms with Crippen LogP contribution in [0.2, 0.25) is 5.02 Å². The van der Waals surface area contributed by atoms with Gasteiger partial charge >= 0.3 is 5.97 Å². The maximum Gasteiger partial charge on any atom is 0.340 e. The van der Waals surface area contributed by atoms with E-state index in [0.29, 0.717) is 16.3 Å². The molecule has 0 saturated carbocycles. The summed E-state index contributed by atoms with van der Waals surface area (Å²) in [7, 11) is 1.30. The number of nitrogen functional groups attached to an aromatic ring is 1. The van der Waals surface area contributed by atoms with Gasteiger partial charge in [0.2, 0.25) is 0 Å². The van der Waals surface area contributed by atoms with Crippen LogP contribution in [0, 0.1) is 6.92 Å². The monoisotopic (exact) mass is 199 g/mol. The van der Waals surface area contributed by atoms with Gasteiger partial charge in [-0.2, -0.15) is 0 Å². The molecule has 2 N–H and O–H groups in total. The summed E-state index contributed by atoms with van der Waals surface area (Å²) >= 11 is 5.82. The molecule has 1 aromatic carbocycles. The number of rotatable bonds is 1. The van der Waals surface area contributed by atoms with E-state index >= 15 is 0 Å². The van der Waals surface area contributed by atoms with Gasteiger partial charge in [-0.15, -0.1) is 0 Å². The van der Waals surface area contributed by atoms with E-state index < -0.39 is 5.97 Å². The highest BCUT2D eigenvalue weighted by atomic mass is 35.5. The van der Waals surface area contributed by atoms with E-state index in [0.717, 1.165) is 5.56 Å². The van der Waals surface area contributed by atoms with Crippen molar-refractivity contribution in [2.45, 2.75) is 6.92 Å². The van der Waals surface area contributed by atoms with Crippen molar-refractivity contribution < 1.29 is 9.53 Å². The molecule has 0 radical (unpaired) electrons. The number of hydrogen-bond acceptors (Lipinski definition) is 3. The lowest BCUT2D eigenvalue weighted by Gasteiger charge is -2.05. The summed E-state index contributed by atoms with van der Waals surface area (Å²) in [6, 6.07) is 3.16. The van der Waals surface area contributed by atoms with Crippen LogP contribution in [0.1, 0.15) is 15.9 Å². The molecule has 0 aliphatic carbocycles. The summed E-state index contributed by atoms with van der Waals surface area (Å²) in [6.45, 7) is 1.82. The second-order valence-corrected chi connectivity index (χ2v) is 3.09. The molecular weight excluding hydrogens is 190 g/mol. The lowest BCUT2D eigenvalue weighted by atomic mass is 10.1. The first-order chi connectivity index (χ1) is 6.06. The maximum atomic E-state index is 11.1. The molecule has 0 heterocycles. The van der Waals surface area contributed by atoms with Gasteiger partial charge < -0.3 is 10.5 Å². The summed E-state index contributed by atoms with van der Waals surface area (Å²) in [5.41, 5.74) is 7.13. The van der Waals surface area contributed by atoms with Gasteiger partial charge in [0, 0.05) is 10.7 Å². The standard InChI is InChI=1S/C9H10ClNO2/c1-5-3-8(11)6(4-7(5)10)9(12)13-2/h3-4H,11H2,1-2H3. The Balaban J connectivity index is 3.23. The third-order valence-corrected chi connectivity index (χ3v) is 2.14. The Kier molecular flexibility index (Phi) is 2.78. The minimum Gasteiger partial charge on any atom is -0.465 e. The van der Waals surface area contributed by atoms with Crippen molar-refractivity contribution in [2.75, 3.05) is 12.8 Å². The largest absolute Gasteiger partial charge is 0.465 e. The molecule has 0 aliphatic rings. The number of esters is 1. The molecule has 0 aliphatic heterocycles. The molecule has 0 atom stereocenters. The number of nitrogens with two attached hydrogens (primary N) is 1. The van der Waals surface area contributed by atoms with Crippen molar-refractivity contribution in [3.63, 3.8) is 0 Å². The zero-order chi connectivity index (χ0) is 10.0. The number of aryl methyl sites for hydroxylation is 1. The van der Waals surface area contributed by atoms with E-state index in [1.807, 2.05) is 6.92 Å². The topological polar surface area (TPSA) is 52.3 Å². The Morgan fingerprint density at radius 3 is 2.69 bits per heavy atom. The van der Waals surface area contributed by atoms with E-state index in [4.69, 9.17) is 17.3 Å². The number of benzene rings is 1. The molecule has 4 heteroatoms. The maximum absolute atomic E-state index is 11.1. The van der Waals surface area contributed by atoms with Gasteiger partial charge in [0.25, 0.3) is 0 Å². The highest BCUT2D eigenvalue weighted by Crippen LogP contribution is 2.22. The van der Waals surface area contributed by atoms with Crippen molar-refractivity contribution >= 4 is 23.3 Å². The Morgan fingerprint density at radius 1 is 1.54 bits per heavy atom. The van der Waals surface area contributed by atoms with Gasteiger partial charge in [0.15, 0.2) is 0 Å². The van der Waals surface area contributed by atoms with E-state index in [1.54, 1.807) is 6.07 Å². The smallest absolute Gasteiger partial charge is 0.340 e. The van der Waals surface area contributed by atoms with Crippen LogP contribution in [-0.2, 0) is 4.74 Å². The molecule has 0 bridgehead atoms. The van der Waals surface area contributed by atoms with Crippen LogP contribution in [0.5, 0.6) is 0 Å². The summed E-state index contributed by atoms with van der Waals surface area (Å²) in [4.78, 5) is 11.1. The summed E-state index contributed by atoms with van der Waals surface area (Å²) in [5.74, 6) is -0.473. The van der Waals surface area contributed by atoms with Crippen LogP contribution in [-0.4, -0.2) is 13.1 Å². The Hall–Kier alpha value is -1.22. The molecule has 0 aromatic heterocycles. The molecule has 13 heavy (non-hydrogen) atoms. The summed E-state index contributed by atoms with van der Waals surface area (Å²) in [6.07, 6.45) is 0. The van der Waals surface area contributed by atoms with Crippen LogP contribution in [0.25, 0.3) is 0 Å². The predicted octanol–water partition coefficient (Wildman–Crippen LogP) is 2.02. The molecule has 0 saturated heterocycles. The third-order valence-electron chi connectivity index (χ3n) is 1.74. The number of methoxy groups -OCH3 is 1. The number of carbonyl (C=O) groups is 1. The minimum absolute atomic E-state index is 0.304. The Labute approximate surface area is 81.4 Å². The highest BCUT2D eigenvalue weighted by molar-refractivity contribution is 6.31. The molecule has 0 amide bonds. The van der Waals surface area contributed by atoms with Crippen molar-refractivity contribution in [3.05, 3.63) is 28.3 Å². The van der Waals surface area contributed by atoms with Crippen LogP contribution >= 0.6 is 11.6 Å². The first-order valence-corrected chi connectivity index (χ1v) is 4.08.